The summed E-state index contributed by atoms with van der Waals surface area (Å²) in [5, 5.41) is 53.4. The average Bonchev–Trinajstić information content (AvgIpc) is 1.56. The van der Waals surface area contributed by atoms with Gasteiger partial charge >= 0.3 is 23.9 Å². The molecule has 3 aromatic rings. The molecule has 0 atom stereocenters. The van der Waals surface area contributed by atoms with E-state index in [0.717, 1.165) is 49.0 Å². The molecule has 2 aromatic carbocycles. The molecule has 4 aliphatic carbocycles. The smallest absolute Gasteiger partial charge is 0.330 e. The number of rotatable bonds is 35. The fourth-order valence-corrected chi connectivity index (χ4v) is 12.6. The normalized spacial score (nSPS) is 21.4. The van der Waals surface area contributed by atoms with E-state index in [1.807, 2.05) is 35.2 Å². The summed E-state index contributed by atoms with van der Waals surface area (Å²) in [7, 11) is 3.15. The number of aromatic nitrogens is 2. The van der Waals surface area contributed by atoms with E-state index in [2.05, 4.69) is 35.9 Å². The van der Waals surface area contributed by atoms with E-state index in [4.69, 9.17) is 38.3 Å². The molecule has 1 aliphatic heterocycles. The number of aliphatic carboxylic acids is 4. The van der Waals surface area contributed by atoms with Gasteiger partial charge in [0.2, 0.25) is 5.91 Å². The van der Waals surface area contributed by atoms with Gasteiger partial charge in [-0.1, -0.05) is 19.9 Å². The van der Waals surface area contributed by atoms with Crippen LogP contribution in [0.3, 0.4) is 0 Å². The van der Waals surface area contributed by atoms with Crippen LogP contribution in [0.1, 0.15) is 67.9 Å². The minimum Gasteiger partial charge on any atom is -0.496 e. The molecule has 26 heteroatoms. The van der Waals surface area contributed by atoms with E-state index >= 15 is 0 Å². The Labute approximate surface area is 502 Å². The van der Waals surface area contributed by atoms with Gasteiger partial charge in [0.05, 0.1) is 123 Å². The minimum absolute atomic E-state index is 0.0159. The Morgan fingerprint density at radius 2 is 1.02 bits per heavy atom. The van der Waals surface area contributed by atoms with Gasteiger partial charge in [-0.25, -0.2) is 9.48 Å². The van der Waals surface area contributed by atoms with Crippen LogP contribution in [-0.4, -0.2) is 263 Å². The van der Waals surface area contributed by atoms with Crippen molar-refractivity contribution in [1.82, 2.24) is 40.0 Å². The number of carbonyl (C=O) groups excluding carboxylic acids is 2. The standard InChI is InChI=1S/C60H89N9O17/c1-41(2)47-35-46(8-9-49(47)69-50(57-51(80-3)6-5-7-52(57)81-4)36-48(64-69)58(77)63-60(59(78)79)44-31-42-30-43(33-44)34-45(60)32-42)61-10-20-82-22-24-84-26-28-86-29-27-85-25-23-83-21-11-62-53(70)37-65-12-14-66(38-54(71)72)16-18-68(40-56(75)76)19-17-67(15-13-65)39-55(73)74/h5-9,35-36,41-45,61H,10-34,37-40H2,1-4H3,(H,62,70)(H,63,77)(H,71,72)(H,73,74)(H,75,76)(H,78,79). The predicted molar refractivity (Wildman–Crippen MR) is 315 cm³/mol. The van der Waals surface area contributed by atoms with Crippen molar-refractivity contribution in [1.29, 1.82) is 0 Å². The molecule has 5 aliphatic rings. The summed E-state index contributed by atoms with van der Waals surface area (Å²) < 4.78 is 41.7. The number of nitrogens with zero attached hydrogens (tertiary/aromatic N) is 6. The largest absolute Gasteiger partial charge is 0.496 e. The van der Waals surface area contributed by atoms with Crippen LogP contribution in [0, 0.1) is 23.7 Å². The lowest BCUT2D eigenvalue weighted by Crippen LogP contribution is -2.70. The number of anilines is 1. The van der Waals surface area contributed by atoms with Crippen molar-refractivity contribution in [2.75, 3.05) is 177 Å². The molecule has 0 radical (unpaired) electrons. The number of carbonyl (C=O) groups is 6. The third-order valence-electron chi connectivity index (χ3n) is 16.6. The highest BCUT2D eigenvalue weighted by molar-refractivity contribution is 5.98. The van der Waals surface area contributed by atoms with Gasteiger partial charge in [-0.05, 0) is 104 Å². The quantitative estimate of drug-likeness (QED) is 0.0417. The number of benzene rings is 2. The van der Waals surface area contributed by atoms with Crippen LogP contribution in [0.15, 0.2) is 42.5 Å². The Kier molecular flexibility index (Phi) is 26.2. The fourth-order valence-electron chi connectivity index (χ4n) is 12.6. The van der Waals surface area contributed by atoms with Gasteiger partial charge < -0.3 is 69.5 Å². The predicted octanol–water partition coefficient (Wildman–Crippen LogP) is 2.78. The van der Waals surface area contributed by atoms with E-state index in [-0.39, 0.29) is 81.8 Å². The summed E-state index contributed by atoms with van der Waals surface area (Å²) in [6.45, 7) is 10.4. The molecule has 26 nitrogen and oxygen atoms in total. The summed E-state index contributed by atoms with van der Waals surface area (Å²) in [6.07, 6.45) is 4.38. The van der Waals surface area contributed by atoms with Crippen molar-refractivity contribution in [3.63, 3.8) is 0 Å². The molecule has 8 rings (SSSR count). The van der Waals surface area contributed by atoms with Crippen LogP contribution in [0.2, 0.25) is 0 Å². The minimum atomic E-state index is -1.34. The first-order chi connectivity index (χ1) is 41.5. The molecular weight excluding hydrogens is 1120 g/mol. The van der Waals surface area contributed by atoms with Crippen molar-refractivity contribution >= 4 is 41.4 Å². The summed E-state index contributed by atoms with van der Waals surface area (Å²) in [5.41, 5.74) is 2.48. The zero-order valence-corrected chi connectivity index (χ0v) is 50.2. The van der Waals surface area contributed by atoms with Crippen molar-refractivity contribution in [3.05, 3.63) is 53.7 Å². The van der Waals surface area contributed by atoms with Gasteiger partial charge in [-0.3, -0.25) is 43.6 Å². The van der Waals surface area contributed by atoms with Crippen LogP contribution in [-0.2, 0) is 47.7 Å². The highest BCUT2D eigenvalue weighted by Gasteiger charge is 2.62. The van der Waals surface area contributed by atoms with Gasteiger partial charge in [-0.2, -0.15) is 5.10 Å². The molecule has 7 N–H and O–H groups in total. The molecule has 1 aromatic heterocycles. The van der Waals surface area contributed by atoms with E-state index in [1.165, 1.54) is 0 Å². The Bertz CT molecular complexity index is 2630. The average molecular weight is 1210 g/mol. The molecule has 4 bridgehead atoms. The van der Waals surface area contributed by atoms with Gasteiger partial charge in [-0.15, -0.1) is 0 Å². The monoisotopic (exact) mass is 1210 g/mol. The molecular formula is C60H89N9O17. The van der Waals surface area contributed by atoms with Crippen molar-refractivity contribution in [3.8, 4) is 28.4 Å². The maximum absolute atomic E-state index is 14.4. The third-order valence-corrected chi connectivity index (χ3v) is 16.6. The molecule has 2 heterocycles. The highest BCUT2D eigenvalue weighted by atomic mass is 16.6. The maximum atomic E-state index is 14.4. The van der Waals surface area contributed by atoms with Gasteiger partial charge in [0.15, 0.2) is 5.69 Å². The molecule has 5 fully saturated rings. The fraction of sp³-hybridized carbons (Fsp3) is 0.650. The Hall–Kier alpha value is -6.49. The first-order valence-electron chi connectivity index (χ1n) is 29.9. The van der Waals surface area contributed by atoms with E-state index in [1.54, 1.807) is 39.7 Å². The maximum Gasteiger partial charge on any atom is 0.330 e. The Morgan fingerprint density at radius 3 is 1.45 bits per heavy atom. The van der Waals surface area contributed by atoms with Crippen LogP contribution < -0.4 is 25.4 Å². The van der Waals surface area contributed by atoms with Crippen molar-refractivity contribution < 1.29 is 82.4 Å². The van der Waals surface area contributed by atoms with E-state index < -0.39 is 35.3 Å². The zero-order chi connectivity index (χ0) is 61.6. The summed E-state index contributed by atoms with van der Waals surface area (Å²) in [6, 6.07) is 13.1. The third kappa shape index (κ3) is 19.3. The molecule has 0 spiro atoms. The lowest BCUT2D eigenvalue weighted by molar-refractivity contribution is -0.163. The first kappa shape index (κ1) is 67.0. The number of nitrogens with one attached hydrogen (secondary N) is 3. The number of hydrogen-bond acceptors (Lipinski definition) is 19. The van der Waals surface area contributed by atoms with Gasteiger partial charge in [0, 0.05) is 71.1 Å². The van der Waals surface area contributed by atoms with Gasteiger partial charge in [0.25, 0.3) is 5.91 Å². The lowest BCUT2D eigenvalue weighted by atomic mass is 9.48. The number of methoxy groups -OCH3 is 2. The number of ether oxygens (including phenoxy) is 7. The second-order valence-electron chi connectivity index (χ2n) is 22.8. The second-order valence-corrected chi connectivity index (χ2v) is 22.8. The topological polar surface area (TPSA) is 315 Å². The SMILES string of the molecule is COc1cccc(OC)c1-c1cc(C(=O)NC2(C(=O)O)C3CC4CC(C3)CC2C4)nn1-c1ccc(NCCOCCOCCOCCOCCOCCNC(=O)CN2CCN(CC(=O)O)CCN(CC(=O)O)CCN(CC(=O)O)CC2)cc1C(C)C. The summed E-state index contributed by atoms with van der Waals surface area (Å²) in [5.74, 6) is -2.96. The summed E-state index contributed by atoms with van der Waals surface area (Å²) >= 11 is 0. The van der Waals surface area contributed by atoms with Crippen LogP contribution in [0.25, 0.3) is 16.9 Å². The molecule has 86 heavy (non-hydrogen) atoms. The number of amides is 2. The highest BCUT2D eigenvalue weighted by Crippen LogP contribution is 2.58. The van der Waals surface area contributed by atoms with Crippen molar-refractivity contribution in [2.24, 2.45) is 23.7 Å². The van der Waals surface area contributed by atoms with E-state index in [9.17, 15) is 49.2 Å². The van der Waals surface area contributed by atoms with Crippen LogP contribution in [0.5, 0.6) is 11.5 Å². The molecule has 476 valence electrons. The molecule has 2 amide bonds. The lowest BCUT2D eigenvalue weighted by Gasteiger charge is -2.59. The molecule has 0 unspecified atom stereocenters. The second kappa shape index (κ2) is 33.6. The number of carboxylic acids is 4. The van der Waals surface area contributed by atoms with E-state index in [0.29, 0.717) is 140 Å². The van der Waals surface area contributed by atoms with Gasteiger partial charge in [0.1, 0.15) is 17.0 Å². The first-order valence-corrected chi connectivity index (χ1v) is 29.9. The van der Waals surface area contributed by atoms with Crippen molar-refractivity contribution in [2.45, 2.75) is 57.4 Å². The number of hydrogen-bond donors (Lipinski definition) is 7. The van der Waals surface area contributed by atoms with Crippen LogP contribution in [0.4, 0.5) is 5.69 Å². The number of carboxylic acid groups (broad SMARTS) is 4. The Balaban J connectivity index is 0.767. The van der Waals surface area contributed by atoms with Crippen LogP contribution >= 0.6 is 0 Å². The molecule has 1 saturated heterocycles. The Morgan fingerprint density at radius 1 is 0.581 bits per heavy atom. The molecule has 4 saturated carbocycles. The summed E-state index contributed by atoms with van der Waals surface area (Å²) in [4.78, 5) is 82.1. The zero-order valence-electron chi connectivity index (χ0n) is 50.2.